The Hall–Kier alpha value is -3.32. The maximum absolute atomic E-state index is 12.9. The topological polar surface area (TPSA) is 96.3 Å². The molecule has 31 heavy (non-hydrogen) atoms. The number of aliphatic hydroxyl groups is 1. The third-order valence-electron chi connectivity index (χ3n) is 5.00. The summed E-state index contributed by atoms with van der Waals surface area (Å²) in [5.74, 6) is -0.949. The molecule has 0 aliphatic carbocycles. The van der Waals surface area contributed by atoms with Gasteiger partial charge in [-0.2, -0.15) is 0 Å². The van der Waals surface area contributed by atoms with Crippen molar-refractivity contribution in [3.63, 3.8) is 0 Å². The molecule has 0 unspecified atom stereocenters. The van der Waals surface area contributed by atoms with Crippen LogP contribution in [0.2, 0.25) is 0 Å². The highest BCUT2D eigenvalue weighted by atomic mass is 16.5. The molecular formula is C24H27NO6. The molecule has 1 fully saturated rings. The number of rotatable bonds is 8. The quantitative estimate of drug-likeness (QED) is 0.290. The van der Waals surface area contributed by atoms with Crippen LogP contribution in [0.4, 0.5) is 0 Å². The van der Waals surface area contributed by atoms with E-state index in [0.717, 1.165) is 0 Å². The fraction of sp³-hybridized carbons (Fsp3) is 0.333. The van der Waals surface area contributed by atoms with Crippen molar-refractivity contribution < 1.29 is 29.3 Å². The van der Waals surface area contributed by atoms with E-state index in [9.17, 15) is 19.8 Å². The van der Waals surface area contributed by atoms with Crippen LogP contribution >= 0.6 is 0 Å². The van der Waals surface area contributed by atoms with Crippen molar-refractivity contribution in [3.05, 3.63) is 65.2 Å². The fourth-order valence-electron chi connectivity index (χ4n) is 3.61. The number of aliphatic hydroxyl groups excluding tert-OH is 1. The number of carbonyl (C=O) groups excluding carboxylic acids is 2. The molecule has 0 spiro atoms. The number of ether oxygens (including phenoxy) is 2. The third-order valence-corrected chi connectivity index (χ3v) is 5.00. The van der Waals surface area contributed by atoms with Crippen LogP contribution in [-0.2, 0) is 14.3 Å². The molecule has 2 aromatic rings. The highest BCUT2D eigenvalue weighted by Gasteiger charge is 2.45. The van der Waals surface area contributed by atoms with Gasteiger partial charge in [0.05, 0.1) is 17.7 Å². The third kappa shape index (κ3) is 4.88. The highest BCUT2D eigenvalue weighted by Crippen LogP contribution is 2.40. The summed E-state index contributed by atoms with van der Waals surface area (Å²) >= 11 is 0. The Balaban J connectivity index is 2.04. The monoisotopic (exact) mass is 425 g/mol. The lowest BCUT2D eigenvalue weighted by Crippen LogP contribution is -2.31. The standard InChI is InChI=1S/C24H27NO6/c1-15(2)31-19-11-7-17(8-12-19)22(27)20-21(16-5-9-18(26)10-6-16)25(13-4-14-30-3)24(29)23(20)28/h5-12,15,21,26-27H,4,13-14H2,1-3H3/b22-20+/t21-/m1/s1. The maximum Gasteiger partial charge on any atom is 0.295 e. The zero-order chi connectivity index (χ0) is 22.5. The van der Waals surface area contributed by atoms with Gasteiger partial charge in [-0.25, -0.2) is 0 Å². The minimum absolute atomic E-state index is 0.00590. The molecule has 1 aliphatic heterocycles. The molecule has 1 saturated heterocycles. The van der Waals surface area contributed by atoms with Crippen LogP contribution in [0.1, 0.15) is 37.4 Å². The summed E-state index contributed by atoms with van der Waals surface area (Å²) in [4.78, 5) is 27.1. The lowest BCUT2D eigenvalue weighted by molar-refractivity contribution is -0.140. The number of hydrogen-bond donors (Lipinski definition) is 2. The molecule has 1 atom stereocenters. The molecular weight excluding hydrogens is 398 g/mol. The summed E-state index contributed by atoms with van der Waals surface area (Å²) in [6.07, 6.45) is 0.547. The van der Waals surface area contributed by atoms with E-state index in [1.165, 1.54) is 17.0 Å². The van der Waals surface area contributed by atoms with Gasteiger partial charge in [-0.15, -0.1) is 0 Å². The first-order chi connectivity index (χ1) is 14.8. The number of likely N-dealkylation sites (tertiary alicyclic amines) is 1. The first-order valence-electron chi connectivity index (χ1n) is 10.2. The molecule has 0 saturated carbocycles. The summed E-state index contributed by atoms with van der Waals surface area (Å²) in [6, 6.07) is 12.2. The number of nitrogens with zero attached hydrogens (tertiary/aromatic N) is 1. The molecule has 3 rings (SSSR count). The summed E-state index contributed by atoms with van der Waals surface area (Å²) in [5.41, 5.74) is 1.05. The minimum Gasteiger partial charge on any atom is -0.508 e. The van der Waals surface area contributed by atoms with E-state index >= 15 is 0 Å². The van der Waals surface area contributed by atoms with Crippen LogP contribution in [0.25, 0.3) is 5.76 Å². The van der Waals surface area contributed by atoms with Crippen LogP contribution in [-0.4, -0.2) is 53.2 Å². The molecule has 1 aliphatic rings. The Morgan fingerprint density at radius 1 is 1.06 bits per heavy atom. The van der Waals surface area contributed by atoms with E-state index in [1.807, 2.05) is 13.8 Å². The second-order valence-corrected chi connectivity index (χ2v) is 7.62. The first-order valence-corrected chi connectivity index (χ1v) is 10.2. The molecule has 1 heterocycles. The van der Waals surface area contributed by atoms with Crippen LogP contribution in [0, 0.1) is 0 Å². The van der Waals surface area contributed by atoms with E-state index in [2.05, 4.69) is 0 Å². The predicted molar refractivity (Wildman–Crippen MR) is 116 cm³/mol. The summed E-state index contributed by atoms with van der Waals surface area (Å²) < 4.78 is 10.7. The van der Waals surface area contributed by atoms with Crippen molar-refractivity contribution in [2.75, 3.05) is 20.3 Å². The van der Waals surface area contributed by atoms with E-state index in [1.54, 1.807) is 43.5 Å². The molecule has 0 radical (unpaired) electrons. The van der Waals surface area contributed by atoms with Crippen LogP contribution < -0.4 is 4.74 Å². The van der Waals surface area contributed by atoms with Crippen LogP contribution in [0.15, 0.2) is 54.1 Å². The number of Topliss-reactive ketones (excluding diaryl/α,β-unsaturated/α-hetero) is 1. The van der Waals surface area contributed by atoms with Gasteiger partial charge < -0.3 is 24.6 Å². The van der Waals surface area contributed by atoms with Gasteiger partial charge in [-0.05, 0) is 62.2 Å². The van der Waals surface area contributed by atoms with Crippen molar-refractivity contribution in [1.29, 1.82) is 0 Å². The van der Waals surface area contributed by atoms with Crippen molar-refractivity contribution in [1.82, 2.24) is 4.90 Å². The van der Waals surface area contributed by atoms with Crippen LogP contribution in [0.3, 0.4) is 0 Å². The van der Waals surface area contributed by atoms with Gasteiger partial charge in [0, 0.05) is 25.8 Å². The number of methoxy groups -OCH3 is 1. The van der Waals surface area contributed by atoms with Gasteiger partial charge in [-0.1, -0.05) is 12.1 Å². The fourth-order valence-corrected chi connectivity index (χ4v) is 3.61. The molecule has 0 bridgehead atoms. The molecule has 2 aromatic carbocycles. The Kier molecular flexibility index (Phi) is 6.97. The van der Waals surface area contributed by atoms with Gasteiger partial charge in [0.1, 0.15) is 17.3 Å². The molecule has 164 valence electrons. The number of hydrogen-bond acceptors (Lipinski definition) is 6. The summed E-state index contributed by atoms with van der Waals surface area (Å²) in [5, 5.41) is 20.7. The number of amides is 1. The summed E-state index contributed by atoms with van der Waals surface area (Å²) in [6.45, 7) is 4.55. The highest BCUT2D eigenvalue weighted by molar-refractivity contribution is 6.46. The molecule has 1 amide bonds. The second-order valence-electron chi connectivity index (χ2n) is 7.62. The number of ketones is 1. The first kappa shape index (κ1) is 22.4. The number of benzene rings is 2. The number of phenolic OH excluding ortho intramolecular Hbond substituents is 1. The van der Waals surface area contributed by atoms with E-state index in [4.69, 9.17) is 9.47 Å². The van der Waals surface area contributed by atoms with E-state index in [-0.39, 0.29) is 23.2 Å². The number of phenols is 1. The van der Waals surface area contributed by atoms with Gasteiger partial charge >= 0.3 is 0 Å². The normalized spacial score (nSPS) is 18.1. The number of aromatic hydroxyl groups is 1. The molecule has 7 nitrogen and oxygen atoms in total. The largest absolute Gasteiger partial charge is 0.508 e. The Labute approximate surface area is 181 Å². The predicted octanol–water partition coefficient (Wildman–Crippen LogP) is 3.64. The maximum atomic E-state index is 12.9. The molecule has 2 N–H and O–H groups in total. The summed E-state index contributed by atoms with van der Waals surface area (Å²) in [7, 11) is 1.57. The average molecular weight is 425 g/mol. The lowest BCUT2D eigenvalue weighted by Gasteiger charge is -2.25. The second kappa shape index (κ2) is 9.66. The molecule has 0 aromatic heterocycles. The Bertz CT molecular complexity index is 963. The lowest BCUT2D eigenvalue weighted by atomic mass is 9.95. The van der Waals surface area contributed by atoms with E-state index < -0.39 is 17.7 Å². The van der Waals surface area contributed by atoms with Gasteiger partial charge in [-0.3, -0.25) is 9.59 Å². The van der Waals surface area contributed by atoms with Gasteiger partial charge in [0.2, 0.25) is 0 Å². The van der Waals surface area contributed by atoms with Crippen LogP contribution in [0.5, 0.6) is 11.5 Å². The number of carbonyl (C=O) groups is 2. The Morgan fingerprint density at radius 2 is 1.71 bits per heavy atom. The van der Waals surface area contributed by atoms with Crippen molar-refractivity contribution in [2.24, 2.45) is 0 Å². The zero-order valence-corrected chi connectivity index (χ0v) is 17.9. The smallest absolute Gasteiger partial charge is 0.295 e. The van der Waals surface area contributed by atoms with Crippen molar-refractivity contribution in [3.8, 4) is 11.5 Å². The van der Waals surface area contributed by atoms with Crippen molar-refractivity contribution in [2.45, 2.75) is 32.4 Å². The minimum atomic E-state index is -0.760. The molecule has 7 heteroatoms. The average Bonchev–Trinajstić information content (AvgIpc) is 2.99. The van der Waals surface area contributed by atoms with Gasteiger partial charge in [0.25, 0.3) is 11.7 Å². The zero-order valence-electron chi connectivity index (χ0n) is 17.9. The van der Waals surface area contributed by atoms with Gasteiger partial charge in [0.15, 0.2) is 0 Å². The van der Waals surface area contributed by atoms with E-state index in [0.29, 0.717) is 36.4 Å². The van der Waals surface area contributed by atoms with Crippen molar-refractivity contribution >= 4 is 17.4 Å². The SMILES string of the molecule is COCCCN1C(=O)C(=O)/C(=C(/O)c2ccc(OC(C)C)cc2)[C@H]1c1ccc(O)cc1. The Morgan fingerprint density at radius 3 is 2.29 bits per heavy atom.